The molecule has 0 bridgehead atoms. The van der Waals surface area contributed by atoms with Crippen LogP contribution in [0.15, 0.2) is 42.5 Å². The van der Waals surface area contributed by atoms with Gasteiger partial charge in [0.1, 0.15) is 5.75 Å². The molecule has 0 spiro atoms. The van der Waals surface area contributed by atoms with E-state index in [1.165, 1.54) is 11.1 Å². The zero-order valence-electron chi connectivity index (χ0n) is 14.5. The van der Waals surface area contributed by atoms with Gasteiger partial charge in [0.25, 0.3) is 5.91 Å². The van der Waals surface area contributed by atoms with E-state index in [2.05, 4.69) is 38.1 Å². The third-order valence-electron chi connectivity index (χ3n) is 4.45. The van der Waals surface area contributed by atoms with Crippen molar-refractivity contribution in [3.63, 3.8) is 0 Å². The van der Waals surface area contributed by atoms with Gasteiger partial charge in [0.2, 0.25) is 0 Å². The second-order valence-corrected chi connectivity index (χ2v) is 6.34. The standard InChI is InChI=1S/C21H25NO2/c1-3-8-17-12-19-20(13-18(17)9-4-2)24-15-21(23)22(19)14-16-10-6-5-7-11-16/h5-7,10-13H,3-4,8-9,14-15H2,1-2H3. The van der Waals surface area contributed by atoms with Gasteiger partial charge < -0.3 is 9.64 Å². The Morgan fingerprint density at radius 2 is 1.67 bits per heavy atom. The van der Waals surface area contributed by atoms with Crippen molar-refractivity contribution in [3.8, 4) is 5.75 Å². The molecule has 1 aliphatic rings. The van der Waals surface area contributed by atoms with Crippen LogP contribution in [0.2, 0.25) is 0 Å². The van der Waals surface area contributed by atoms with Gasteiger partial charge in [0, 0.05) is 0 Å². The lowest BCUT2D eigenvalue weighted by atomic mass is 9.97. The number of carbonyl (C=O) groups is 1. The molecule has 2 aromatic rings. The third kappa shape index (κ3) is 3.45. The Bertz CT molecular complexity index is 709. The van der Waals surface area contributed by atoms with Crippen molar-refractivity contribution in [2.75, 3.05) is 11.5 Å². The first-order valence-corrected chi connectivity index (χ1v) is 8.85. The molecule has 0 atom stereocenters. The number of rotatable bonds is 6. The summed E-state index contributed by atoms with van der Waals surface area (Å²) in [6.45, 7) is 5.10. The minimum absolute atomic E-state index is 0.0250. The summed E-state index contributed by atoms with van der Waals surface area (Å²) in [4.78, 5) is 14.3. The molecule has 24 heavy (non-hydrogen) atoms. The maximum atomic E-state index is 12.4. The lowest BCUT2D eigenvalue weighted by Crippen LogP contribution is -2.38. The zero-order valence-corrected chi connectivity index (χ0v) is 14.5. The Balaban J connectivity index is 1.98. The van der Waals surface area contributed by atoms with Crippen LogP contribution in [-0.2, 0) is 24.2 Å². The molecule has 0 N–H and O–H groups in total. The number of amides is 1. The Labute approximate surface area is 144 Å². The molecule has 0 fully saturated rings. The molecule has 2 aromatic carbocycles. The number of hydrogen-bond donors (Lipinski definition) is 0. The zero-order chi connectivity index (χ0) is 16.9. The van der Waals surface area contributed by atoms with Gasteiger partial charge in [-0.1, -0.05) is 57.0 Å². The fourth-order valence-electron chi connectivity index (χ4n) is 3.28. The van der Waals surface area contributed by atoms with Gasteiger partial charge in [-0.05, 0) is 41.7 Å². The van der Waals surface area contributed by atoms with Crippen molar-refractivity contribution in [1.82, 2.24) is 0 Å². The van der Waals surface area contributed by atoms with E-state index in [1.54, 1.807) is 0 Å². The normalized spacial score (nSPS) is 13.6. The fraction of sp³-hybridized carbons (Fsp3) is 0.381. The Morgan fingerprint density at radius 1 is 1.00 bits per heavy atom. The van der Waals surface area contributed by atoms with E-state index in [9.17, 15) is 4.79 Å². The molecule has 1 heterocycles. The van der Waals surface area contributed by atoms with Gasteiger partial charge in [-0.25, -0.2) is 0 Å². The van der Waals surface area contributed by atoms with E-state index in [1.807, 2.05) is 23.1 Å². The van der Waals surface area contributed by atoms with Crippen molar-refractivity contribution in [2.45, 2.75) is 46.1 Å². The van der Waals surface area contributed by atoms with Gasteiger partial charge in [-0.2, -0.15) is 0 Å². The van der Waals surface area contributed by atoms with Crippen molar-refractivity contribution in [1.29, 1.82) is 0 Å². The number of benzene rings is 2. The van der Waals surface area contributed by atoms with Crippen LogP contribution in [0.3, 0.4) is 0 Å². The van der Waals surface area contributed by atoms with Gasteiger partial charge in [0.15, 0.2) is 6.61 Å². The van der Waals surface area contributed by atoms with E-state index in [4.69, 9.17) is 4.74 Å². The van der Waals surface area contributed by atoms with E-state index >= 15 is 0 Å². The second-order valence-electron chi connectivity index (χ2n) is 6.34. The number of aryl methyl sites for hydroxylation is 2. The van der Waals surface area contributed by atoms with Crippen molar-refractivity contribution < 1.29 is 9.53 Å². The SMILES string of the molecule is CCCc1cc2c(cc1CCC)N(Cc1ccccc1)C(=O)CO2. The van der Waals surface area contributed by atoms with Crippen LogP contribution >= 0.6 is 0 Å². The number of fused-ring (bicyclic) bond motifs is 1. The summed E-state index contributed by atoms with van der Waals surface area (Å²) in [5.74, 6) is 0.867. The van der Waals surface area contributed by atoms with Crippen LogP contribution in [0.4, 0.5) is 5.69 Å². The first-order valence-electron chi connectivity index (χ1n) is 8.85. The monoisotopic (exact) mass is 323 g/mol. The maximum absolute atomic E-state index is 12.4. The maximum Gasteiger partial charge on any atom is 0.265 e. The van der Waals surface area contributed by atoms with Crippen LogP contribution in [0.25, 0.3) is 0 Å². The lowest BCUT2D eigenvalue weighted by molar-refractivity contribution is -0.121. The molecule has 0 saturated heterocycles. The highest BCUT2D eigenvalue weighted by Gasteiger charge is 2.26. The molecule has 3 nitrogen and oxygen atoms in total. The van der Waals surface area contributed by atoms with Crippen LogP contribution in [0.5, 0.6) is 5.75 Å². The first kappa shape index (κ1) is 16.6. The van der Waals surface area contributed by atoms with Crippen molar-refractivity contribution in [3.05, 3.63) is 59.2 Å². The molecule has 3 heteroatoms. The number of carbonyl (C=O) groups excluding carboxylic acids is 1. The van der Waals surface area contributed by atoms with E-state index in [0.29, 0.717) is 6.54 Å². The Hall–Kier alpha value is -2.29. The third-order valence-corrected chi connectivity index (χ3v) is 4.45. The molecule has 0 unspecified atom stereocenters. The molecule has 0 aromatic heterocycles. The predicted molar refractivity (Wildman–Crippen MR) is 97.6 cm³/mol. The summed E-state index contributed by atoms with van der Waals surface area (Å²) in [7, 11) is 0. The highest BCUT2D eigenvalue weighted by atomic mass is 16.5. The van der Waals surface area contributed by atoms with Crippen LogP contribution in [0.1, 0.15) is 43.4 Å². The summed E-state index contributed by atoms with van der Waals surface area (Å²) in [6, 6.07) is 14.4. The molecular formula is C21H25NO2. The molecular weight excluding hydrogens is 298 g/mol. The van der Waals surface area contributed by atoms with E-state index in [0.717, 1.165) is 42.7 Å². The topological polar surface area (TPSA) is 29.5 Å². The van der Waals surface area contributed by atoms with Crippen LogP contribution in [-0.4, -0.2) is 12.5 Å². The number of ether oxygens (including phenoxy) is 1. The van der Waals surface area contributed by atoms with Crippen LogP contribution < -0.4 is 9.64 Å². The minimum atomic E-state index is 0.0250. The summed E-state index contributed by atoms with van der Waals surface area (Å²) in [5.41, 5.74) is 4.74. The smallest absolute Gasteiger partial charge is 0.265 e. The average Bonchev–Trinajstić information content (AvgIpc) is 2.60. The first-order chi connectivity index (χ1) is 11.7. The van der Waals surface area contributed by atoms with Crippen molar-refractivity contribution in [2.24, 2.45) is 0 Å². The highest BCUT2D eigenvalue weighted by molar-refractivity contribution is 5.98. The fourth-order valence-corrected chi connectivity index (χ4v) is 3.28. The molecule has 1 amide bonds. The van der Waals surface area contributed by atoms with Crippen LogP contribution in [0, 0.1) is 0 Å². The average molecular weight is 323 g/mol. The largest absolute Gasteiger partial charge is 0.482 e. The molecule has 0 saturated carbocycles. The second kappa shape index (κ2) is 7.52. The Kier molecular flexibility index (Phi) is 5.19. The predicted octanol–water partition coefficient (Wildman–Crippen LogP) is 4.52. The molecule has 0 radical (unpaired) electrons. The summed E-state index contributed by atoms with van der Waals surface area (Å²) < 4.78 is 5.73. The summed E-state index contributed by atoms with van der Waals surface area (Å²) in [6.07, 6.45) is 4.31. The summed E-state index contributed by atoms with van der Waals surface area (Å²) >= 11 is 0. The van der Waals surface area contributed by atoms with Gasteiger partial charge >= 0.3 is 0 Å². The molecule has 1 aliphatic heterocycles. The molecule has 3 rings (SSSR count). The Morgan fingerprint density at radius 3 is 2.33 bits per heavy atom. The number of hydrogen-bond acceptors (Lipinski definition) is 2. The summed E-state index contributed by atoms with van der Waals surface area (Å²) in [5, 5.41) is 0. The highest BCUT2D eigenvalue weighted by Crippen LogP contribution is 2.36. The van der Waals surface area contributed by atoms with Gasteiger partial charge in [0.05, 0.1) is 12.2 Å². The molecule has 0 aliphatic carbocycles. The minimum Gasteiger partial charge on any atom is -0.482 e. The van der Waals surface area contributed by atoms with Gasteiger partial charge in [-0.15, -0.1) is 0 Å². The number of anilines is 1. The number of nitrogens with zero attached hydrogens (tertiary/aromatic N) is 1. The van der Waals surface area contributed by atoms with Crippen molar-refractivity contribution >= 4 is 11.6 Å². The van der Waals surface area contributed by atoms with Gasteiger partial charge in [-0.3, -0.25) is 4.79 Å². The van der Waals surface area contributed by atoms with E-state index in [-0.39, 0.29) is 12.5 Å². The quantitative estimate of drug-likeness (QED) is 0.782. The lowest BCUT2D eigenvalue weighted by Gasteiger charge is -2.31. The van der Waals surface area contributed by atoms with E-state index < -0.39 is 0 Å². The molecule has 126 valence electrons.